The number of amides is 1. The standard InChI is InChI=1S/C12H17N3O4/c1-6-10-8(5-18-12(2,3)19-10)7(4-16)9(14-6)11(17)15-13/h16H,4-5,13H2,1-3H3,(H,15,17). The third-order valence-corrected chi connectivity index (χ3v) is 2.95. The summed E-state index contributed by atoms with van der Waals surface area (Å²) < 4.78 is 11.2. The summed E-state index contributed by atoms with van der Waals surface area (Å²) in [6.07, 6.45) is 0. The van der Waals surface area contributed by atoms with Gasteiger partial charge in [0.25, 0.3) is 5.91 Å². The van der Waals surface area contributed by atoms with Crippen molar-refractivity contribution in [3.8, 4) is 5.75 Å². The molecule has 1 aromatic rings. The highest BCUT2D eigenvalue weighted by Gasteiger charge is 2.32. The van der Waals surface area contributed by atoms with E-state index in [2.05, 4.69) is 4.98 Å². The fraction of sp³-hybridized carbons (Fsp3) is 0.500. The first-order valence-electron chi connectivity index (χ1n) is 5.86. The smallest absolute Gasteiger partial charge is 0.284 e. The number of fused-ring (bicyclic) bond motifs is 1. The first kappa shape index (κ1) is 13.7. The molecule has 7 heteroatoms. The van der Waals surface area contributed by atoms with Gasteiger partial charge in [0.15, 0.2) is 0 Å². The van der Waals surface area contributed by atoms with E-state index in [1.54, 1.807) is 20.8 Å². The molecule has 7 nitrogen and oxygen atoms in total. The van der Waals surface area contributed by atoms with Crippen molar-refractivity contribution in [3.05, 3.63) is 22.5 Å². The summed E-state index contributed by atoms with van der Waals surface area (Å²) in [5.41, 5.74) is 3.67. The second-order valence-corrected chi connectivity index (χ2v) is 4.75. The Morgan fingerprint density at radius 2 is 2.26 bits per heavy atom. The minimum Gasteiger partial charge on any atom is -0.461 e. The van der Waals surface area contributed by atoms with Crippen LogP contribution in [0.4, 0.5) is 0 Å². The maximum absolute atomic E-state index is 11.7. The molecule has 0 fully saturated rings. The van der Waals surface area contributed by atoms with E-state index in [0.717, 1.165) is 0 Å². The van der Waals surface area contributed by atoms with Gasteiger partial charge in [-0.2, -0.15) is 0 Å². The lowest BCUT2D eigenvalue weighted by atomic mass is 10.0. The van der Waals surface area contributed by atoms with E-state index in [-0.39, 0.29) is 18.9 Å². The van der Waals surface area contributed by atoms with Gasteiger partial charge in [0.2, 0.25) is 5.79 Å². The van der Waals surface area contributed by atoms with Crippen LogP contribution in [0.3, 0.4) is 0 Å². The van der Waals surface area contributed by atoms with E-state index < -0.39 is 11.7 Å². The number of nitrogens with one attached hydrogen (secondary N) is 1. The molecule has 1 aliphatic heterocycles. The van der Waals surface area contributed by atoms with Crippen molar-refractivity contribution in [2.24, 2.45) is 5.84 Å². The van der Waals surface area contributed by atoms with E-state index in [0.29, 0.717) is 22.6 Å². The SMILES string of the molecule is Cc1nc(C(=O)NN)c(CO)c2c1OC(C)(C)OC2. The molecule has 4 N–H and O–H groups in total. The van der Waals surface area contributed by atoms with Crippen LogP contribution in [0.5, 0.6) is 5.75 Å². The molecular weight excluding hydrogens is 250 g/mol. The second kappa shape index (κ2) is 4.76. The number of aliphatic hydroxyl groups excluding tert-OH is 1. The van der Waals surface area contributed by atoms with E-state index in [4.69, 9.17) is 15.3 Å². The highest BCUT2D eigenvalue weighted by atomic mass is 16.7. The number of carbonyl (C=O) groups is 1. The number of aromatic nitrogens is 1. The monoisotopic (exact) mass is 267 g/mol. The van der Waals surface area contributed by atoms with E-state index in [1.807, 2.05) is 5.43 Å². The van der Waals surface area contributed by atoms with Gasteiger partial charge in [0.1, 0.15) is 11.4 Å². The third kappa shape index (κ3) is 2.40. The predicted octanol–water partition coefficient (Wildman–Crippen LogP) is 0.131. The molecule has 0 bridgehead atoms. The molecule has 2 rings (SSSR count). The Morgan fingerprint density at radius 3 is 2.84 bits per heavy atom. The number of nitrogen functional groups attached to an aromatic ring is 1. The molecule has 1 aliphatic rings. The minimum atomic E-state index is -0.760. The van der Waals surface area contributed by atoms with Gasteiger partial charge in [-0.25, -0.2) is 10.8 Å². The Balaban J connectivity index is 2.60. The van der Waals surface area contributed by atoms with Crippen LogP contribution in [-0.4, -0.2) is 21.8 Å². The minimum absolute atomic E-state index is 0.0909. The molecule has 0 atom stereocenters. The molecule has 0 aliphatic carbocycles. The molecule has 104 valence electrons. The van der Waals surface area contributed by atoms with Crippen LogP contribution in [0.1, 0.15) is 41.2 Å². The Labute approximate surface area is 110 Å². The average molecular weight is 267 g/mol. The van der Waals surface area contributed by atoms with E-state index in [1.165, 1.54) is 0 Å². The summed E-state index contributed by atoms with van der Waals surface area (Å²) in [4.78, 5) is 15.8. The van der Waals surface area contributed by atoms with Crippen LogP contribution in [0, 0.1) is 6.92 Å². The van der Waals surface area contributed by atoms with Crippen molar-refractivity contribution in [1.29, 1.82) is 0 Å². The van der Waals surface area contributed by atoms with Gasteiger partial charge in [-0.3, -0.25) is 10.2 Å². The lowest BCUT2D eigenvalue weighted by Gasteiger charge is -2.34. The quantitative estimate of drug-likeness (QED) is 0.399. The molecule has 0 radical (unpaired) electrons. The Bertz CT molecular complexity index is 528. The lowest BCUT2D eigenvalue weighted by molar-refractivity contribution is -0.181. The first-order chi connectivity index (χ1) is 8.89. The zero-order chi connectivity index (χ0) is 14.2. The molecule has 1 aromatic heterocycles. The summed E-state index contributed by atoms with van der Waals surface area (Å²) >= 11 is 0. The molecule has 0 spiro atoms. The predicted molar refractivity (Wildman–Crippen MR) is 66.0 cm³/mol. The number of pyridine rings is 1. The van der Waals surface area contributed by atoms with Crippen LogP contribution in [0.25, 0.3) is 0 Å². The van der Waals surface area contributed by atoms with Crippen LogP contribution in [0.2, 0.25) is 0 Å². The summed E-state index contributed by atoms with van der Waals surface area (Å²) in [7, 11) is 0. The topological polar surface area (TPSA) is 107 Å². The van der Waals surface area contributed by atoms with Gasteiger partial charge in [-0.1, -0.05) is 0 Å². The summed E-state index contributed by atoms with van der Waals surface area (Å²) in [5.74, 6) is 4.35. The first-order valence-corrected chi connectivity index (χ1v) is 5.86. The van der Waals surface area contributed by atoms with Crippen molar-refractivity contribution in [2.75, 3.05) is 0 Å². The van der Waals surface area contributed by atoms with E-state index >= 15 is 0 Å². The van der Waals surface area contributed by atoms with Gasteiger partial charge >= 0.3 is 0 Å². The van der Waals surface area contributed by atoms with Crippen molar-refractivity contribution in [2.45, 2.75) is 39.8 Å². The average Bonchev–Trinajstić information content (AvgIpc) is 2.37. The highest BCUT2D eigenvalue weighted by Crippen LogP contribution is 2.36. The number of carbonyl (C=O) groups excluding carboxylic acids is 1. The van der Waals surface area contributed by atoms with Gasteiger partial charge in [0, 0.05) is 25.0 Å². The fourth-order valence-electron chi connectivity index (χ4n) is 2.02. The lowest BCUT2D eigenvalue weighted by Crippen LogP contribution is -2.38. The molecular formula is C12H17N3O4. The van der Waals surface area contributed by atoms with Gasteiger partial charge in [-0.05, 0) is 6.92 Å². The largest absolute Gasteiger partial charge is 0.461 e. The summed E-state index contributed by atoms with van der Waals surface area (Å²) in [5, 5.41) is 9.47. The summed E-state index contributed by atoms with van der Waals surface area (Å²) in [6, 6.07) is 0. The van der Waals surface area contributed by atoms with Crippen LogP contribution in [-0.2, 0) is 18.0 Å². The van der Waals surface area contributed by atoms with Crippen molar-refractivity contribution >= 4 is 5.91 Å². The normalized spacial score (nSPS) is 16.5. The number of hydrazine groups is 1. The Morgan fingerprint density at radius 1 is 1.58 bits per heavy atom. The van der Waals surface area contributed by atoms with Gasteiger partial charge in [-0.15, -0.1) is 0 Å². The molecule has 0 saturated carbocycles. The Kier molecular flexibility index (Phi) is 3.44. The zero-order valence-electron chi connectivity index (χ0n) is 11.1. The molecule has 0 aromatic carbocycles. The van der Waals surface area contributed by atoms with Gasteiger partial charge in [0.05, 0.1) is 18.9 Å². The number of nitrogens with two attached hydrogens (primary N) is 1. The fourth-order valence-corrected chi connectivity index (χ4v) is 2.02. The maximum Gasteiger partial charge on any atom is 0.284 e. The highest BCUT2D eigenvalue weighted by molar-refractivity contribution is 5.94. The molecule has 0 saturated heterocycles. The molecule has 2 heterocycles. The van der Waals surface area contributed by atoms with Crippen LogP contribution in [0.15, 0.2) is 0 Å². The zero-order valence-corrected chi connectivity index (χ0v) is 11.1. The van der Waals surface area contributed by atoms with Crippen LogP contribution < -0.4 is 16.0 Å². The number of hydrogen-bond acceptors (Lipinski definition) is 6. The number of nitrogens with zero attached hydrogens (tertiary/aromatic N) is 1. The van der Waals surface area contributed by atoms with Gasteiger partial charge < -0.3 is 14.6 Å². The number of aryl methyl sites for hydroxylation is 1. The third-order valence-electron chi connectivity index (χ3n) is 2.95. The number of hydrogen-bond donors (Lipinski definition) is 3. The van der Waals surface area contributed by atoms with Crippen molar-refractivity contribution < 1.29 is 19.4 Å². The number of ether oxygens (including phenoxy) is 2. The second-order valence-electron chi connectivity index (χ2n) is 4.75. The maximum atomic E-state index is 11.7. The Hall–Kier alpha value is -1.70. The van der Waals surface area contributed by atoms with E-state index in [9.17, 15) is 9.90 Å². The molecule has 1 amide bonds. The van der Waals surface area contributed by atoms with Crippen LogP contribution >= 0.6 is 0 Å². The number of aliphatic hydroxyl groups is 1. The molecule has 19 heavy (non-hydrogen) atoms. The van der Waals surface area contributed by atoms with Crippen molar-refractivity contribution in [3.63, 3.8) is 0 Å². The number of rotatable bonds is 2. The summed E-state index contributed by atoms with van der Waals surface area (Å²) in [6.45, 7) is 5.20. The molecule has 0 unspecified atom stereocenters. The van der Waals surface area contributed by atoms with Crippen molar-refractivity contribution in [1.82, 2.24) is 10.4 Å².